The SMILES string of the molecule is CC(C)NC(=O)c1cccc2ccc(C#Cc3ccc(N4CCN(N(C(C(=O)O)C(C)C)S(=O)O)CC4)cc3)cc12. The van der Waals surface area contributed by atoms with Crippen LogP contribution in [0.15, 0.2) is 60.7 Å². The van der Waals surface area contributed by atoms with Gasteiger partial charge in [0.05, 0.1) is 0 Å². The Hall–Kier alpha value is -3.75. The van der Waals surface area contributed by atoms with Crippen molar-refractivity contribution in [3.63, 3.8) is 0 Å². The Morgan fingerprint density at radius 3 is 2.15 bits per heavy atom. The molecule has 1 fully saturated rings. The number of nitrogens with zero attached hydrogens (tertiary/aromatic N) is 3. The van der Waals surface area contributed by atoms with E-state index in [9.17, 15) is 23.5 Å². The number of rotatable bonds is 8. The molecule has 2 unspecified atom stereocenters. The van der Waals surface area contributed by atoms with Crippen molar-refractivity contribution in [2.24, 2.45) is 5.92 Å². The molecule has 0 saturated carbocycles. The molecule has 1 amide bonds. The van der Waals surface area contributed by atoms with Crippen LogP contribution in [0.3, 0.4) is 0 Å². The van der Waals surface area contributed by atoms with Crippen molar-refractivity contribution in [3.8, 4) is 11.8 Å². The number of amides is 1. The molecule has 1 saturated heterocycles. The number of fused-ring (bicyclic) bond motifs is 1. The molecule has 1 aliphatic heterocycles. The minimum absolute atomic E-state index is 0.0440. The number of piperazine rings is 1. The Labute approximate surface area is 243 Å². The van der Waals surface area contributed by atoms with Crippen LogP contribution in [0, 0.1) is 17.8 Å². The quantitative estimate of drug-likeness (QED) is 0.275. The minimum Gasteiger partial charge on any atom is -0.480 e. The van der Waals surface area contributed by atoms with Crippen LogP contribution in [-0.2, 0) is 16.1 Å². The van der Waals surface area contributed by atoms with Crippen LogP contribution < -0.4 is 10.2 Å². The first-order chi connectivity index (χ1) is 19.5. The molecule has 0 aromatic heterocycles. The van der Waals surface area contributed by atoms with E-state index in [1.54, 1.807) is 18.9 Å². The summed E-state index contributed by atoms with van der Waals surface area (Å²) in [6.07, 6.45) is 0. The average molecular weight is 577 g/mol. The Morgan fingerprint density at radius 1 is 0.927 bits per heavy atom. The van der Waals surface area contributed by atoms with Crippen LogP contribution in [0.5, 0.6) is 0 Å². The monoisotopic (exact) mass is 576 g/mol. The lowest BCUT2D eigenvalue weighted by Gasteiger charge is -2.42. The summed E-state index contributed by atoms with van der Waals surface area (Å²) in [5.41, 5.74) is 3.29. The van der Waals surface area contributed by atoms with Crippen LogP contribution in [0.4, 0.5) is 5.69 Å². The number of carboxylic acids is 1. The number of hydrogen-bond donors (Lipinski definition) is 3. The molecule has 3 N–H and O–H groups in total. The molecule has 0 spiro atoms. The second-order valence-electron chi connectivity index (χ2n) is 10.7. The summed E-state index contributed by atoms with van der Waals surface area (Å²) in [7, 11) is 0. The van der Waals surface area contributed by atoms with Gasteiger partial charge in [0.2, 0.25) is 11.3 Å². The van der Waals surface area contributed by atoms with Crippen LogP contribution >= 0.6 is 0 Å². The third kappa shape index (κ3) is 7.31. The lowest BCUT2D eigenvalue weighted by molar-refractivity contribution is -0.148. The van der Waals surface area contributed by atoms with Crippen molar-refractivity contribution >= 4 is 39.6 Å². The molecule has 1 heterocycles. The normalized spacial score (nSPS) is 15.6. The highest BCUT2D eigenvalue weighted by atomic mass is 32.2. The molecular formula is C31H36N4O5S. The summed E-state index contributed by atoms with van der Waals surface area (Å²) in [4.78, 5) is 26.6. The number of benzene rings is 3. The van der Waals surface area contributed by atoms with Gasteiger partial charge in [0, 0.05) is 54.6 Å². The number of hydrogen-bond acceptors (Lipinski definition) is 5. The first-order valence-corrected chi connectivity index (χ1v) is 14.7. The summed E-state index contributed by atoms with van der Waals surface area (Å²) in [6, 6.07) is 18.4. The molecule has 4 rings (SSSR count). The zero-order chi connectivity index (χ0) is 29.7. The van der Waals surface area contributed by atoms with Gasteiger partial charge in [-0.1, -0.05) is 43.9 Å². The Morgan fingerprint density at radius 2 is 1.56 bits per heavy atom. The number of anilines is 1. The van der Waals surface area contributed by atoms with E-state index >= 15 is 0 Å². The van der Waals surface area contributed by atoms with Crippen molar-refractivity contribution in [1.29, 1.82) is 0 Å². The lowest BCUT2D eigenvalue weighted by atomic mass is 10.0. The topological polar surface area (TPSA) is 113 Å². The fourth-order valence-electron chi connectivity index (χ4n) is 4.95. The molecule has 0 aliphatic carbocycles. The van der Waals surface area contributed by atoms with E-state index in [1.165, 1.54) is 0 Å². The predicted octanol–water partition coefficient (Wildman–Crippen LogP) is 3.96. The van der Waals surface area contributed by atoms with Gasteiger partial charge in [-0.15, -0.1) is 4.41 Å². The van der Waals surface area contributed by atoms with E-state index in [4.69, 9.17) is 0 Å². The van der Waals surface area contributed by atoms with Gasteiger partial charge < -0.3 is 15.3 Å². The van der Waals surface area contributed by atoms with Gasteiger partial charge in [-0.05, 0) is 73.0 Å². The molecule has 1 aliphatic rings. The summed E-state index contributed by atoms with van der Waals surface area (Å²) in [5.74, 6) is 4.85. The minimum atomic E-state index is -2.44. The van der Waals surface area contributed by atoms with E-state index < -0.39 is 23.3 Å². The van der Waals surface area contributed by atoms with Crippen molar-refractivity contribution in [3.05, 3.63) is 77.4 Å². The highest BCUT2D eigenvalue weighted by molar-refractivity contribution is 7.76. The fraction of sp³-hybridized carbons (Fsp3) is 0.355. The maximum Gasteiger partial charge on any atom is 0.323 e. The van der Waals surface area contributed by atoms with Gasteiger partial charge in [-0.25, -0.2) is 9.22 Å². The van der Waals surface area contributed by atoms with Crippen LogP contribution in [0.25, 0.3) is 10.8 Å². The highest BCUT2D eigenvalue weighted by Crippen LogP contribution is 2.23. The molecule has 41 heavy (non-hydrogen) atoms. The zero-order valence-corrected chi connectivity index (χ0v) is 24.5. The van der Waals surface area contributed by atoms with E-state index in [-0.39, 0.29) is 17.9 Å². The second kappa shape index (κ2) is 13.3. The van der Waals surface area contributed by atoms with Crippen LogP contribution in [0.1, 0.15) is 49.2 Å². The Bertz CT molecular complexity index is 1490. The van der Waals surface area contributed by atoms with Crippen LogP contribution in [0.2, 0.25) is 0 Å². The molecule has 3 aromatic rings. The fourth-order valence-corrected chi connectivity index (χ4v) is 5.83. The Balaban J connectivity index is 1.44. The van der Waals surface area contributed by atoms with Gasteiger partial charge in [0.15, 0.2) is 0 Å². The maximum atomic E-state index is 12.7. The van der Waals surface area contributed by atoms with Gasteiger partial charge >= 0.3 is 5.97 Å². The van der Waals surface area contributed by atoms with Crippen molar-refractivity contribution in [2.45, 2.75) is 39.8 Å². The number of carbonyl (C=O) groups is 2. The number of carbonyl (C=O) groups excluding carboxylic acids is 1. The first-order valence-electron chi connectivity index (χ1n) is 13.6. The highest BCUT2D eigenvalue weighted by Gasteiger charge is 2.38. The smallest absolute Gasteiger partial charge is 0.323 e. The first kappa shape index (κ1) is 30.2. The van der Waals surface area contributed by atoms with Gasteiger partial charge in [0.25, 0.3) is 5.91 Å². The third-order valence-corrected chi connectivity index (χ3v) is 7.73. The molecule has 9 nitrogen and oxygen atoms in total. The lowest BCUT2D eigenvalue weighted by Crippen LogP contribution is -2.60. The summed E-state index contributed by atoms with van der Waals surface area (Å²) in [6.45, 7) is 9.31. The number of nitrogens with one attached hydrogen (secondary N) is 1. The number of aliphatic carboxylic acids is 1. The predicted molar refractivity (Wildman–Crippen MR) is 162 cm³/mol. The largest absolute Gasteiger partial charge is 0.480 e. The van der Waals surface area contributed by atoms with E-state index in [0.29, 0.717) is 31.7 Å². The molecule has 0 radical (unpaired) electrons. The maximum absolute atomic E-state index is 12.7. The standard InChI is InChI=1S/C31H36N4O5S/c1-21(2)29(31(37)38)35(41(39)40)34-18-16-33(17-19-34)26-14-11-23(12-15-26)8-9-24-10-13-25-6-5-7-27(28(25)20-24)30(36)32-22(3)4/h5-7,10-15,20-22,29H,16-19H2,1-4H3,(H,32,36)(H,37,38)(H,39,40). The van der Waals surface area contributed by atoms with E-state index in [1.807, 2.05) is 74.5 Å². The summed E-state index contributed by atoms with van der Waals surface area (Å²) < 4.78 is 23.0. The number of carboxylic acid groups (broad SMARTS) is 1. The molecule has 216 valence electrons. The molecule has 0 bridgehead atoms. The van der Waals surface area contributed by atoms with Gasteiger partial charge in [0.1, 0.15) is 6.04 Å². The third-order valence-electron chi connectivity index (χ3n) is 6.95. The van der Waals surface area contributed by atoms with Crippen LogP contribution in [-0.4, -0.2) is 73.4 Å². The van der Waals surface area contributed by atoms with Crippen molar-refractivity contribution in [2.75, 3.05) is 31.1 Å². The van der Waals surface area contributed by atoms with Gasteiger partial charge in [-0.2, -0.15) is 0 Å². The second-order valence-corrected chi connectivity index (χ2v) is 11.5. The van der Waals surface area contributed by atoms with Gasteiger partial charge in [-0.3, -0.25) is 14.1 Å². The molecule has 10 heteroatoms. The molecular weight excluding hydrogens is 540 g/mol. The molecule has 2 atom stereocenters. The van der Waals surface area contributed by atoms with E-state index in [0.717, 1.165) is 32.0 Å². The summed E-state index contributed by atoms with van der Waals surface area (Å²) >= 11 is -2.44. The van der Waals surface area contributed by atoms with Crippen molar-refractivity contribution < 1.29 is 23.5 Å². The van der Waals surface area contributed by atoms with E-state index in [2.05, 4.69) is 22.1 Å². The summed E-state index contributed by atoms with van der Waals surface area (Å²) in [5, 5.41) is 16.1. The molecule has 3 aromatic carbocycles. The Kier molecular flexibility index (Phi) is 9.78. The zero-order valence-electron chi connectivity index (χ0n) is 23.7. The average Bonchev–Trinajstić information content (AvgIpc) is 2.93. The van der Waals surface area contributed by atoms with Crippen molar-refractivity contribution in [1.82, 2.24) is 14.7 Å². The number of hydrazine groups is 1.